The lowest BCUT2D eigenvalue weighted by Gasteiger charge is -2.34. The Kier molecular flexibility index (Phi) is 8.98. The molecule has 0 spiro atoms. The van der Waals surface area contributed by atoms with Crippen LogP contribution in [0.1, 0.15) is 44.4 Å². The number of para-hydroxylation sites is 1. The molecular weight excluding hydrogens is 508 g/mol. The number of carbonyl (C=O) groups is 2. The summed E-state index contributed by atoms with van der Waals surface area (Å²) in [5, 5.41) is 11.5. The molecule has 0 aliphatic carbocycles. The van der Waals surface area contributed by atoms with E-state index >= 15 is 0 Å². The van der Waals surface area contributed by atoms with Crippen LogP contribution in [0.25, 0.3) is 11.0 Å². The van der Waals surface area contributed by atoms with Crippen LogP contribution < -0.4 is 14.8 Å². The first-order valence-corrected chi connectivity index (χ1v) is 13.3. The van der Waals surface area contributed by atoms with Crippen LogP contribution >= 0.6 is 0 Å². The Morgan fingerprint density at radius 3 is 2.45 bits per heavy atom. The highest BCUT2D eigenvalue weighted by Gasteiger charge is 2.34. The van der Waals surface area contributed by atoms with Gasteiger partial charge in [0.25, 0.3) is 0 Å². The van der Waals surface area contributed by atoms with Gasteiger partial charge in [-0.2, -0.15) is 0 Å². The number of rotatable bonds is 12. The Morgan fingerprint density at radius 1 is 1.02 bits per heavy atom. The molecule has 0 saturated heterocycles. The average Bonchev–Trinajstić information content (AvgIpc) is 3.37. The summed E-state index contributed by atoms with van der Waals surface area (Å²) >= 11 is 0. The zero-order chi connectivity index (χ0) is 28.7. The molecular formula is C30H36N6O4. The minimum Gasteiger partial charge on any atom is -0.493 e. The Balaban J connectivity index is 1.71. The molecule has 0 bridgehead atoms. The van der Waals surface area contributed by atoms with E-state index in [1.807, 2.05) is 63.2 Å². The molecule has 0 aliphatic rings. The number of pyridine rings is 1. The van der Waals surface area contributed by atoms with E-state index in [-0.39, 0.29) is 24.9 Å². The fourth-order valence-electron chi connectivity index (χ4n) is 4.45. The molecule has 0 aliphatic heterocycles. The average molecular weight is 545 g/mol. The van der Waals surface area contributed by atoms with Gasteiger partial charge < -0.3 is 19.7 Å². The molecule has 0 fully saturated rings. The molecule has 40 heavy (non-hydrogen) atoms. The van der Waals surface area contributed by atoms with Gasteiger partial charge >= 0.3 is 0 Å². The lowest BCUT2D eigenvalue weighted by Crippen LogP contribution is -2.51. The number of hydrogen-bond donors (Lipinski definition) is 1. The highest BCUT2D eigenvalue weighted by Crippen LogP contribution is 2.29. The molecule has 10 nitrogen and oxygen atoms in total. The molecule has 2 aromatic heterocycles. The normalized spacial score (nSPS) is 12.1. The van der Waals surface area contributed by atoms with Crippen LogP contribution in [0, 0.1) is 0 Å². The third-order valence-electron chi connectivity index (χ3n) is 7.04. The number of methoxy groups -OCH3 is 2. The zero-order valence-corrected chi connectivity index (χ0v) is 23.6. The van der Waals surface area contributed by atoms with Gasteiger partial charge in [0, 0.05) is 24.5 Å². The predicted octanol–water partition coefficient (Wildman–Crippen LogP) is 3.96. The van der Waals surface area contributed by atoms with Crippen molar-refractivity contribution in [3.63, 3.8) is 0 Å². The third-order valence-corrected chi connectivity index (χ3v) is 7.04. The van der Waals surface area contributed by atoms with E-state index in [0.29, 0.717) is 29.0 Å². The Labute approximate surface area is 234 Å². The summed E-state index contributed by atoms with van der Waals surface area (Å²) in [6.45, 7) is 6.14. The van der Waals surface area contributed by atoms with Crippen molar-refractivity contribution in [2.45, 2.75) is 51.7 Å². The van der Waals surface area contributed by atoms with E-state index in [4.69, 9.17) is 9.47 Å². The molecule has 210 valence electrons. The van der Waals surface area contributed by atoms with Gasteiger partial charge in [0.2, 0.25) is 11.8 Å². The highest BCUT2D eigenvalue weighted by atomic mass is 16.5. The quantitative estimate of drug-likeness (QED) is 0.287. The van der Waals surface area contributed by atoms with Gasteiger partial charge in [-0.25, -0.2) is 4.68 Å². The molecule has 2 aromatic carbocycles. The third kappa shape index (κ3) is 6.56. The highest BCUT2D eigenvalue weighted by molar-refractivity contribution is 5.89. The van der Waals surface area contributed by atoms with Gasteiger partial charge in [0.15, 0.2) is 11.5 Å². The summed E-state index contributed by atoms with van der Waals surface area (Å²) in [6.07, 6.45) is 4.47. The standard InChI is InChI=1S/C30H36N6O4/c1-6-30(2,3)32-29(38)28(22-13-16-31-17-14-22)35(18-15-21-11-12-25(39-4)26(19-21)40-5)27(37)20-36-24-10-8-7-9-23(24)33-34-36/h7-14,16-17,19,28H,6,15,18,20H2,1-5H3,(H,32,38)/t28-/m0/s1. The molecule has 2 amide bonds. The van der Waals surface area contributed by atoms with E-state index in [1.54, 1.807) is 48.3 Å². The molecule has 2 heterocycles. The van der Waals surface area contributed by atoms with Crippen molar-refractivity contribution < 1.29 is 19.1 Å². The van der Waals surface area contributed by atoms with Crippen molar-refractivity contribution in [3.8, 4) is 11.5 Å². The number of nitrogens with zero attached hydrogens (tertiary/aromatic N) is 5. The van der Waals surface area contributed by atoms with Gasteiger partial charge in [-0.15, -0.1) is 5.10 Å². The largest absolute Gasteiger partial charge is 0.493 e. The number of nitrogens with one attached hydrogen (secondary N) is 1. The van der Waals surface area contributed by atoms with Crippen LogP contribution in [0.3, 0.4) is 0 Å². The van der Waals surface area contributed by atoms with E-state index in [9.17, 15) is 9.59 Å². The van der Waals surface area contributed by atoms with Crippen molar-refractivity contribution in [3.05, 3.63) is 78.1 Å². The van der Waals surface area contributed by atoms with Gasteiger partial charge in [0.1, 0.15) is 18.1 Å². The van der Waals surface area contributed by atoms with Crippen molar-refractivity contribution in [1.82, 2.24) is 30.2 Å². The number of amides is 2. The number of benzene rings is 2. The van der Waals surface area contributed by atoms with E-state index in [2.05, 4.69) is 20.6 Å². The van der Waals surface area contributed by atoms with Gasteiger partial charge in [0.05, 0.1) is 19.7 Å². The first kappa shape index (κ1) is 28.5. The minimum atomic E-state index is -0.878. The lowest BCUT2D eigenvalue weighted by molar-refractivity contribution is -0.142. The van der Waals surface area contributed by atoms with Crippen molar-refractivity contribution >= 4 is 22.8 Å². The Bertz CT molecular complexity index is 1450. The van der Waals surface area contributed by atoms with Crippen LogP contribution in [0.2, 0.25) is 0 Å². The maximum absolute atomic E-state index is 14.1. The zero-order valence-electron chi connectivity index (χ0n) is 23.6. The molecule has 1 N–H and O–H groups in total. The van der Waals surface area contributed by atoms with Gasteiger partial charge in [-0.1, -0.05) is 30.3 Å². The van der Waals surface area contributed by atoms with Gasteiger partial charge in [-0.3, -0.25) is 14.6 Å². The fourth-order valence-corrected chi connectivity index (χ4v) is 4.45. The fraction of sp³-hybridized carbons (Fsp3) is 0.367. The van der Waals surface area contributed by atoms with E-state index < -0.39 is 11.6 Å². The van der Waals surface area contributed by atoms with Crippen LogP contribution in [0.5, 0.6) is 11.5 Å². The maximum Gasteiger partial charge on any atom is 0.247 e. The topological polar surface area (TPSA) is 111 Å². The molecule has 10 heteroatoms. The van der Waals surface area contributed by atoms with Crippen LogP contribution in [-0.4, -0.2) is 63.0 Å². The molecule has 4 aromatic rings. The molecule has 0 radical (unpaired) electrons. The number of ether oxygens (including phenoxy) is 2. The van der Waals surface area contributed by atoms with E-state index in [0.717, 1.165) is 17.5 Å². The summed E-state index contributed by atoms with van der Waals surface area (Å²) < 4.78 is 12.4. The van der Waals surface area contributed by atoms with Crippen molar-refractivity contribution in [2.24, 2.45) is 0 Å². The lowest BCUT2D eigenvalue weighted by atomic mass is 9.98. The maximum atomic E-state index is 14.1. The smallest absolute Gasteiger partial charge is 0.247 e. The van der Waals surface area contributed by atoms with Crippen LogP contribution in [0.15, 0.2) is 67.0 Å². The Hall–Kier alpha value is -4.47. The number of hydrogen-bond acceptors (Lipinski definition) is 7. The van der Waals surface area contributed by atoms with Crippen molar-refractivity contribution in [2.75, 3.05) is 20.8 Å². The first-order valence-electron chi connectivity index (χ1n) is 13.3. The molecule has 4 rings (SSSR count). The van der Waals surface area contributed by atoms with Crippen LogP contribution in [-0.2, 0) is 22.6 Å². The molecule has 0 saturated carbocycles. The molecule has 0 unspecified atom stereocenters. The minimum absolute atomic E-state index is 0.0710. The summed E-state index contributed by atoms with van der Waals surface area (Å²) in [6, 6.07) is 15.8. The molecule has 1 atom stereocenters. The Morgan fingerprint density at radius 2 is 1.75 bits per heavy atom. The number of fused-ring (bicyclic) bond motifs is 1. The summed E-state index contributed by atoms with van der Waals surface area (Å²) in [5.74, 6) is 0.692. The van der Waals surface area contributed by atoms with Crippen molar-refractivity contribution in [1.29, 1.82) is 0 Å². The monoisotopic (exact) mass is 544 g/mol. The first-order chi connectivity index (χ1) is 19.3. The SMILES string of the molecule is CCC(C)(C)NC(=O)[C@H](c1ccncc1)N(CCc1ccc(OC)c(OC)c1)C(=O)Cn1nnc2ccccc21. The number of aromatic nitrogens is 4. The van der Waals surface area contributed by atoms with E-state index in [1.165, 1.54) is 0 Å². The summed E-state index contributed by atoms with van der Waals surface area (Å²) in [7, 11) is 3.17. The van der Waals surface area contributed by atoms with Gasteiger partial charge in [-0.05, 0) is 74.2 Å². The van der Waals surface area contributed by atoms with Crippen LogP contribution in [0.4, 0.5) is 0 Å². The second-order valence-electron chi connectivity index (χ2n) is 10.2. The number of carbonyl (C=O) groups excluding carboxylic acids is 2. The summed E-state index contributed by atoms with van der Waals surface area (Å²) in [4.78, 5) is 33.7. The predicted molar refractivity (Wildman–Crippen MR) is 152 cm³/mol. The second kappa shape index (κ2) is 12.6. The second-order valence-corrected chi connectivity index (χ2v) is 10.2. The summed E-state index contributed by atoms with van der Waals surface area (Å²) in [5.41, 5.74) is 2.59.